The van der Waals surface area contributed by atoms with Crippen LogP contribution in [0.2, 0.25) is 0 Å². The second-order valence-corrected chi connectivity index (χ2v) is 6.53. The number of amides is 1. The topological polar surface area (TPSA) is 73.6 Å². The van der Waals surface area contributed by atoms with Gasteiger partial charge in [-0.05, 0) is 60.2 Å². The number of carbonyl (C=O) groups excluding carboxylic acids is 1. The maximum atomic E-state index is 12.3. The van der Waals surface area contributed by atoms with Crippen molar-refractivity contribution in [3.05, 3.63) is 78.4 Å². The summed E-state index contributed by atoms with van der Waals surface area (Å²) < 4.78 is 16.2. The molecule has 0 saturated carbocycles. The number of oxazole rings is 1. The van der Waals surface area contributed by atoms with E-state index in [4.69, 9.17) is 13.9 Å². The molecular formula is C24H20N2O4. The van der Waals surface area contributed by atoms with Crippen LogP contribution in [-0.4, -0.2) is 25.1 Å². The highest BCUT2D eigenvalue weighted by atomic mass is 16.5. The molecule has 0 aliphatic carbocycles. The fraction of sp³-hybridized carbons (Fsp3) is 0.0833. The average Bonchev–Trinajstić information content (AvgIpc) is 3.22. The first-order valence-corrected chi connectivity index (χ1v) is 9.33. The molecule has 0 saturated heterocycles. The van der Waals surface area contributed by atoms with Gasteiger partial charge in [0, 0.05) is 23.4 Å². The lowest BCUT2D eigenvalue weighted by Gasteiger charge is -2.06. The fourth-order valence-corrected chi connectivity index (χ4v) is 2.97. The molecule has 1 aromatic heterocycles. The number of aromatic nitrogens is 1. The minimum absolute atomic E-state index is 0.244. The first-order valence-electron chi connectivity index (χ1n) is 9.33. The number of ether oxygens (including phenoxy) is 2. The van der Waals surface area contributed by atoms with Gasteiger partial charge in [-0.25, -0.2) is 4.98 Å². The molecule has 0 atom stereocenters. The standard InChI is InChI=1S/C24H20N2O4/c1-28-19-13-16(14-20(15-19)29-2)7-12-23(27)25-18-10-8-17(9-11-18)24-26-21-5-3-4-6-22(21)30-24/h3-15H,1-2H3,(H,25,27)/b12-7+. The molecule has 0 aliphatic rings. The van der Waals surface area contributed by atoms with Gasteiger partial charge >= 0.3 is 0 Å². The first-order chi connectivity index (χ1) is 14.6. The molecule has 0 fully saturated rings. The van der Waals surface area contributed by atoms with Crippen LogP contribution in [0.4, 0.5) is 5.69 Å². The highest BCUT2D eigenvalue weighted by Crippen LogP contribution is 2.25. The Balaban J connectivity index is 1.44. The number of carbonyl (C=O) groups is 1. The van der Waals surface area contributed by atoms with E-state index in [1.807, 2.05) is 60.7 Å². The van der Waals surface area contributed by atoms with E-state index in [0.717, 1.165) is 22.2 Å². The fourth-order valence-electron chi connectivity index (χ4n) is 2.97. The van der Waals surface area contributed by atoms with E-state index in [9.17, 15) is 4.79 Å². The molecule has 150 valence electrons. The number of rotatable bonds is 6. The maximum Gasteiger partial charge on any atom is 0.248 e. The lowest BCUT2D eigenvalue weighted by molar-refractivity contribution is -0.111. The van der Waals surface area contributed by atoms with Gasteiger partial charge in [-0.15, -0.1) is 0 Å². The summed E-state index contributed by atoms with van der Waals surface area (Å²) in [7, 11) is 3.17. The van der Waals surface area contributed by atoms with E-state index in [1.54, 1.807) is 26.4 Å². The van der Waals surface area contributed by atoms with Gasteiger partial charge < -0.3 is 19.2 Å². The molecule has 0 spiro atoms. The van der Waals surface area contributed by atoms with Crippen molar-refractivity contribution < 1.29 is 18.7 Å². The van der Waals surface area contributed by atoms with Crippen molar-refractivity contribution >= 4 is 28.8 Å². The Labute approximate surface area is 173 Å². The number of nitrogens with one attached hydrogen (secondary N) is 1. The van der Waals surface area contributed by atoms with E-state index in [1.165, 1.54) is 6.08 Å². The van der Waals surface area contributed by atoms with E-state index in [0.29, 0.717) is 23.1 Å². The summed E-state index contributed by atoms with van der Waals surface area (Å²) in [5, 5.41) is 2.84. The van der Waals surface area contributed by atoms with Gasteiger partial charge in [0.1, 0.15) is 17.0 Å². The van der Waals surface area contributed by atoms with Crippen LogP contribution in [-0.2, 0) is 4.79 Å². The molecule has 1 heterocycles. The van der Waals surface area contributed by atoms with Crippen molar-refractivity contribution in [2.75, 3.05) is 19.5 Å². The predicted octanol–water partition coefficient (Wildman–Crippen LogP) is 5.16. The summed E-state index contributed by atoms with van der Waals surface area (Å²) >= 11 is 0. The van der Waals surface area contributed by atoms with E-state index < -0.39 is 0 Å². The summed E-state index contributed by atoms with van der Waals surface area (Å²) in [6, 6.07) is 20.4. The van der Waals surface area contributed by atoms with Gasteiger partial charge in [0.05, 0.1) is 14.2 Å². The molecule has 6 nitrogen and oxygen atoms in total. The molecule has 0 radical (unpaired) electrons. The number of nitrogens with zero attached hydrogens (tertiary/aromatic N) is 1. The number of fused-ring (bicyclic) bond motifs is 1. The Kier molecular flexibility index (Phi) is 5.48. The Morgan fingerprint density at radius 1 is 0.967 bits per heavy atom. The van der Waals surface area contributed by atoms with Gasteiger partial charge in [0.25, 0.3) is 0 Å². The molecule has 6 heteroatoms. The number of methoxy groups -OCH3 is 2. The summed E-state index contributed by atoms with van der Waals surface area (Å²) in [5.41, 5.74) is 3.86. The molecule has 0 unspecified atom stereocenters. The van der Waals surface area contributed by atoms with Crippen molar-refractivity contribution in [2.24, 2.45) is 0 Å². The quantitative estimate of drug-likeness (QED) is 0.452. The lowest BCUT2D eigenvalue weighted by Crippen LogP contribution is -2.07. The molecule has 3 aromatic carbocycles. The van der Waals surface area contributed by atoms with Crippen LogP contribution in [0, 0.1) is 0 Å². The van der Waals surface area contributed by atoms with Crippen molar-refractivity contribution in [1.82, 2.24) is 4.98 Å². The Morgan fingerprint density at radius 3 is 2.33 bits per heavy atom. The molecule has 1 N–H and O–H groups in total. The summed E-state index contributed by atoms with van der Waals surface area (Å²) in [4.78, 5) is 16.8. The Morgan fingerprint density at radius 2 is 1.67 bits per heavy atom. The predicted molar refractivity (Wildman–Crippen MR) is 117 cm³/mol. The summed E-state index contributed by atoms with van der Waals surface area (Å²) in [6.07, 6.45) is 3.16. The third kappa shape index (κ3) is 4.33. The zero-order chi connectivity index (χ0) is 20.9. The molecule has 4 aromatic rings. The molecule has 0 aliphatic heterocycles. The van der Waals surface area contributed by atoms with Crippen LogP contribution in [0.3, 0.4) is 0 Å². The van der Waals surface area contributed by atoms with Crippen LogP contribution < -0.4 is 14.8 Å². The third-order valence-corrected chi connectivity index (χ3v) is 4.49. The van der Waals surface area contributed by atoms with Crippen LogP contribution in [0.15, 0.2) is 77.2 Å². The number of para-hydroxylation sites is 2. The second kappa shape index (κ2) is 8.53. The van der Waals surface area contributed by atoms with Gasteiger partial charge in [-0.2, -0.15) is 0 Å². The van der Waals surface area contributed by atoms with E-state index in [2.05, 4.69) is 10.3 Å². The zero-order valence-electron chi connectivity index (χ0n) is 16.6. The SMILES string of the molecule is COc1cc(/C=C/C(=O)Nc2ccc(-c3nc4ccccc4o3)cc2)cc(OC)c1. The normalized spacial score (nSPS) is 11.0. The van der Waals surface area contributed by atoms with Crippen LogP contribution in [0.25, 0.3) is 28.6 Å². The van der Waals surface area contributed by atoms with Gasteiger partial charge in [0.2, 0.25) is 11.8 Å². The monoisotopic (exact) mass is 400 g/mol. The summed E-state index contributed by atoms with van der Waals surface area (Å²) in [5.74, 6) is 1.61. The first kappa shape index (κ1) is 19.3. The minimum Gasteiger partial charge on any atom is -0.497 e. The molecule has 0 bridgehead atoms. The van der Waals surface area contributed by atoms with Gasteiger partial charge in [-0.3, -0.25) is 4.79 Å². The number of benzene rings is 3. The number of anilines is 1. The van der Waals surface area contributed by atoms with Crippen molar-refractivity contribution in [3.8, 4) is 23.0 Å². The zero-order valence-corrected chi connectivity index (χ0v) is 16.6. The molecule has 1 amide bonds. The average molecular weight is 400 g/mol. The number of hydrogen-bond donors (Lipinski definition) is 1. The number of hydrogen-bond acceptors (Lipinski definition) is 5. The maximum absolute atomic E-state index is 12.3. The van der Waals surface area contributed by atoms with Crippen LogP contribution >= 0.6 is 0 Å². The van der Waals surface area contributed by atoms with Gasteiger partial charge in [0.15, 0.2) is 5.58 Å². The van der Waals surface area contributed by atoms with Gasteiger partial charge in [-0.1, -0.05) is 12.1 Å². The second-order valence-electron chi connectivity index (χ2n) is 6.53. The van der Waals surface area contributed by atoms with Crippen molar-refractivity contribution in [1.29, 1.82) is 0 Å². The van der Waals surface area contributed by atoms with Crippen LogP contribution in [0.5, 0.6) is 11.5 Å². The van der Waals surface area contributed by atoms with E-state index >= 15 is 0 Å². The molecule has 4 rings (SSSR count). The van der Waals surface area contributed by atoms with E-state index in [-0.39, 0.29) is 5.91 Å². The largest absolute Gasteiger partial charge is 0.497 e. The summed E-state index contributed by atoms with van der Waals surface area (Å²) in [6.45, 7) is 0. The minimum atomic E-state index is -0.244. The molecule has 30 heavy (non-hydrogen) atoms. The highest BCUT2D eigenvalue weighted by Gasteiger charge is 2.08. The highest BCUT2D eigenvalue weighted by molar-refractivity contribution is 6.02. The van der Waals surface area contributed by atoms with Crippen molar-refractivity contribution in [2.45, 2.75) is 0 Å². The Hall–Kier alpha value is -4.06. The van der Waals surface area contributed by atoms with Crippen molar-refractivity contribution in [3.63, 3.8) is 0 Å². The Bertz CT molecular complexity index is 1150. The third-order valence-electron chi connectivity index (χ3n) is 4.49. The molecular weight excluding hydrogens is 380 g/mol. The van der Waals surface area contributed by atoms with Crippen LogP contribution in [0.1, 0.15) is 5.56 Å². The smallest absolute Gasteiger partial charge is 0.248 e. The lowest BCUT2D eigenvalue weighted by atomic mass is 10.2.